The molecule has 9 heteroatoms. The van der Waals surface area contributed by atoms with Crippen LogP contribution in [-0.4, -0.2) is 41.9 Å². The smallest absolute Gasteiger partial charge is 0.226 e. The Morgan fingerprint density at radius 1 is 1.06 bits per heavy atom. The number of halogens is 1. The fourth-order valence-electron chi connectivity index (χ4n) is 4.93. The molecule has 0 unspecified atom stereocenters. The molecule has 8 nitrogen and oxygen atoms in total. The SMILES string of the molecule is COc1cc([C@@H]2C3=C(CC(C)(C)CC3=O)Nc3nc(-c4cccc(Cl)c4)nn32)cc(OC)c1OC. The molecule has 0 radical (unpaired) electrons. The summed E-state index contributed by atoms with van der Waals surface area (Å²) in [5.74, 6) is 2.64. The van der Waals surface area contributed by atoms with E-state index in [-0.39, 0.29) is 11.2 Å². The maximum Gasteiger partial charge on any atom is 0.226 e. The van der Waals surface area contributed by atoms with Crippen LogP contribution in [-0.2, 0) is 4.79 Å². The predicted octanol–water partition coefficient (Wildman–Crippen LogP) is 5.28. The van der Waals surface area contributed by atoms with Crippen LogP contribution in [0.2, 0.25) is 5.02 Å². The fraction of sp³-hybridized carbons (Fsp3) is 0.346. The van der Waals surface area contributed by atoms with Crippen LogP contribution in [0.25, 0.3) is 11.4 Å². The highest BCUT2D eigenvalue weighted by Gasteiger charge is 2.42. The van der Waals surface area contributed by atoms with Crippen molar-refractivity contribution in [3.05, 3.63) is 58.3 Å². The van der Waals surface area contributed by atoms with Gasteiger partial charge in [0.2, 0.25) is 11.7 Å². The summed E-state index contributed by atoms with van der Waals surface area (Å²) in [6.45, 7) is 4.20. The van der Waals surface area contributed by atoms with E-state index in [1.807, 2.05) is 30.3 Å². The topological polar surface area (TPSA) is 87.5 Å². The average molecular weight is 495 g/mol. The fourth-order valence-corrected chi connectivity index (χ4v) is 5.12. The molecule has 3 aromatic rings. The van der Waals surface area contributed by atoms with Crippen LogP contribution in [0.15, 0.2) is 47.7 Å². The average Bonchev–Trinajstić information content (AvgIpc) is 3.24. The van der Waals surface area contributed by atoms with Crippen LogP contribution in [0.3, 0.4) is 0 Å². The molecule has 0 amide bonds. The predicted molar refractivity (Wildman–Crippen MR) is 133 cm³/mol. The van der Waals surface area contributed by atoms with E-state index in [0.717, 1.165) is 16.8 Å². The first-order chi connectivity index (χ1) is 16.7. The van der Waals surface area contributed by atoms with Gasteiger partial charge in [-0.15, -0.1) is 5.10 Å². The van der Waals surface area contributed by atoms with Gasteiger partial charge in [0.1, 0.15) is 6.04 Å². The van der Waals surface area contributed by atoms with E-state index >= 15 is 0 Å². The molecular formula is C26H27ClN4O4. The number of carbonyl (C=O) groups is 1. The molecule has 5 rings (SSSR count). The number of fused-ring (bicyclic) bond motifs is 1. The molecule has 0 saturated carbocycles. The summed E-state index contributed by atoms with van der Waals surface area (Å²) < 4.78 is 18.5. The van der Waals surface area contributed by atoms with Crippen molar-refractivity contribution in [2.45, 2.75) is 32.7 Å². The number of nitrogens with one attached hydrogen (secondary N) is 1. The number of rotatable bonds is 5. The molecule has 1 aliphatic heterocycles. The highest BCUT2D eigenvalue weighted by molar-refractivity contribution is 6.30. The molecule has 0 saturated heterocycles. The van der Waals surface area contributed by atoms with Crippen molar-refractivity contribution in [1.29, 1.82) is 0 Å². The molecule has 0 bridgehead atoms. The summed E-state index contributed by atoms with van der Waals surface area (Å²) in [7, 11) is 4.70. The normalized spacial score (nSPS) is 18.5. The van der Waals surface area contributed by atoms with E-state index in [0.29, 0.717) is 52.5 Å². The number of hydrogen-bond donors (Lipinski definition) is 1. The van der Waals surface area contributed by atoms with Crippen molar-refractivity contribution in [2.75, 3.05) is 26.6 Å². The third-order valence-corrected chi connectivity index (χ3v) is 6.65. The summed E-state index contributed by atoms with van der Waals surface area (Å²) >= 11 is 6.22. The Bertz CT molecular complexity index is 1340. The summed E-state index contributed by atoms with van der Waals surface area (Å²) in [4.78, 5) is 18.3. The lowest BCUT2D eigenvalue weighted by molar-refractivity contribution is -0.118. The maximum absolute atomic E-state index is 13.5. The number of allylic oxidation sites excluding steroid dienone is 2. The zero-order chi connectivity index (χ0) is 24.9. The Kier molecular flexibility index (Phi) is 5.71. The second-order valence-electron chi connectivity index (χ2n) is 9.53. The molecule has 0 fully saturated rings. The number of Topliss-reactive ketones (excluding diaryl/α,β-unsaturated/α-hetero) is 1. The Morgan fingerprint density at radius 2 is 1.77 bits per heavy atom. The molecule has 182 valence electrons. The zero-order valence-corrected chi connectivity index (χ0v) is 21.1. The lowest BCUT2D eigenvalue weighted by Crippen LogP contribution is -2.36. The second-order valence-corrected chi connectivity index (χ2v) is 9.97. The maximum atomic E-state index is 13.5. The number of methoxy groups -OCH3 is 3. The van der Waals surface area contributed by atoms with Gasteiger partial charge < -0.3 is 19.5 Å². The zero-order valence-electron chi connectivity index (χ0n) is 20.3. The van der Waals surface area contributed by atoms with Crippen molar-refractivity contribution in [3.63, 3.8) is 0 Å². The minimum absolute atomic E-state index is 0.0768. The summed E-state index contributed by atoms with van der Waals surface area (Å²) in [5.41, 5.74) is 2.94. The molecule has 1 atom stereocenters. The summed E-state index contributed by atoms with van der Waals surface area (Å²) in [5, 5.41) is 8.81. The standard InChI is InChI=1S/C26H27ClN4O4/c1-26(2)12-17-21(18(32)13-26)22(15-10-19(33-3)23(35-5)20(11-15)34-4)31-25(28-17)29-24(30-31)14-7-6-8-16(27)9-14/h6-11,22H,12-13H2,1-5H3,(H,28,29,30)/t22-/m1/s1. The van der Waals surface area contributed by atoms with E-state index in [2.05, 4.69) is 19.2 Å². The lowest BCUT2D eigenvalue weighted by Gasteiger charge is -2.38. The minimum Gasteiger partial charge on any atom is -0.493 e. The van der Waals surface area contributed by atoms with Gasteiger partial charge in [-0.1, -0.05) is 37.6 Å². The largest absolute Gasteiger partial charge is 0.493 e. The third kappa shape index (κ3) is 4.01. The number of hydrogen-bond acceptors (Lipinski definition) is 7. The van der Waals surface area contributed by atoms with Crippen LogP contribution in [0.4, 0.5) is 5.95 Å². The van der Waals surface area contributed by atoms with E-state index in [1.165, 1.54) is 0 Å². The van der Waals surface area contributed by atoms with E-state index in [1.54, 1.807) is 32.1 Å². The number of anilines is 1. The van der Waals surface area contributed by atoms with Gasteiger partial charge in [0.05, 0.1) is 21.3 Å². The number of nitrogens with zero attached hydrogens (tertiary/aromatic N) is 3. The van der Waals surface area contributed by atoms with Gasteiger partial charge in [-0.25, -0.2) is 4.68 Å². The third-order valence-electron chi connectivity index (χ3n) is 6.42. The number of ether oxygens (including phenoxy) is 3. The summed E-state index contributed by atoms with van der Waals surface area (Å²) in [6, 6.07) is 10.6. The van der Waals surface area contributed by atoms with E-state index in [9.17, 15) is 4.79 Å². The van der Waals surface area contributed by atoms with Crippen molar-refractivity contribution < 1.29 is 19.0 Å². The number of benzene rings is 2. The molecule has 1 N–H and O–H groups in total. The quantitative estimate of drug-likeness (QED) is 0.516. The van der Waals surface area contributed by atoms with Crippen molar-refractivity contribution in [2.24, 2.45) is 5.41 Å². The Balaban J connectivity index is 1.73. The first-order valence-corrected chi connectivity index (χ1v) is 11.7. The van der Waals surface area contributed by atoms with Gasteiger partial charge in [-0.05, 0) is 41.7 Å². The van der Waals surface area contributed by atoms with Crippen LogP contribution in [0.1, 0.15) is 38.3 Å². The Morgan fingerprint density at radius 3 is 2.40 bits per heavy atom. The highest BCUT2D eigenvalue weighted by Crippen LogP contribution is 2.48. The molecular weight excluding hydrogens is 468 g/mol. The van der Waals surface area contributed by atoms with Crippen LogP contribution in [0, 0.1) is 5.41 Å². The van der Waals surface area contributed by atoms with Gasteiger partial charge in [-0.2, -0.15) is 4.98 Å². The molecule has 2 heterocycles. The van der Waals surface area contributed by atoms with Crippen LogP contribution >= 0.6 is 11.6 Å². The van der Waals surface area contributed by atoms with E-state index < -0.39 is 6.04 Å². The van der Waals surface area contributed by atoms with Crippen molar-refractivity contribution in [1.82, 2.24) is 14.8 Å². The number of aromatic nitrogens is 3. The second kappa shape index (κ2) is 8.61. The first kappa shape index (κ1) is 23.2. The minimum atomic E-state index is -0.515. The van der Waals surface area contributed by atoms with Gasteiger partial charge in [-0.3, -0.25) is 4.79 Å². The first-order valence-electron chi connectivity index (χ1n) is 11.3. The Labute approximate surface area is 208 Å². The molecule has 1 aliphatic carbocycles. The molecule has 35 heavy (non-hydrogen) atoms. The number of ketones is 1. The van der Waals surface area contributed by atoms with Gasteiger partial charge in [0.25, 0.3) is 0 Å². The molecule has 0 spiro atoms. The van der Waals surface area contributed by atoms with Crippen molar-refractivity contribution >= 4 is 23.3 Å². The lowest BCUT2D eigenvalue weighted by atomic mass is 9.73. The Hall–Kier alpha value is -3.52. The molecule has 1 aromatic heterocycles. The molecule has 2 aromatic carbocycles. The van der Waals surface area contributed by atoms with Gasteiger partial charge in [0.15, 0.2) is 23.1 Å². The van der Waals surface area contributed by atoms with Crippen molar-refractivity contribution in [3.8, 4) is 28.6 Å². The van der Waals surface area contributed by atoms with Gasteiger partial charge in [0, 0.05) is 28.3 Å². The van der Waals surface area contributed by atoms with Crippen LogP contribution < -0.4 is 19.5 Å². The monoisotopic (exact) mass is 494 g/mol. The highest BCUT2D eigenvalue weighted by atomic mass is 35.5. The molecule has 2 aliphatic rings. The van der Waals surface area contributed by atoms with Gasteiger partial charge >= 0.3 is 0 Å². The summed E-state index contributed by atoms with van der Waals surface area (Å²) in [6.07, 6.45) is 1.16. The van der Waals surface area contributed by atoms with E-state index in [4.69, 9.17) is 35.9 Å². The number of carbonyl (C=O) groups excluding carboxylic acids is 1. The van der Waals surface area contributed by atoms with Crippen LogP contribution in [0.5, 0.6) is 17.2 Å².